The molecule has 12 heteroatoms. The minimum Gasteiger partial charge on any atom is -0.356 e. The van der Waals surface area contributed by atoms with Crippen molar-refractivity contribution in [2.24, 2.45) is 5.73 Å². The van der Waals surface area contributed by atoms with E-state index in [0.717, 1.165) is 12.3 Å². The SMILES string of the molecule is NC(=O)NCC(=O)Nc1cccc(NC(=O)c2cc(SC(F)(F)F)c[nH]2)c1. The molecular formula is C15H14F3N5O3S. The molecule has 1 aromatic carbocycles. The molecule has 0 aliphatic carbocycles. The number of H-pyrrole nitrogens is 1. The van der Waals surface area contributed by atoms with Crippen LogP contribution in [0, 0.1) is 0 Å². The quantitative estimate of drug-likeness (QED) is 0.476. The van der Waals surface area contributed by atoms with Gasteiger partial charge in [0.2, 0.25) is 5.91 Å². The number of amides is 4. The van der Waals surface area contributed by atoms with Gasteiger partial charge in [0.05, 0.1) is 6.54 Å². The van der Waals surface area contributed by atoms with Gasteiger partial charge in [0, 0.05) is 22.5 Å². The first-order valence-corrected chi connectivity index (χ1v) is 8.13. The largest absolute Gasteiger partial charge is 0.446 e. The minimum atomic E-state index is -4.45. The molecule has 0 unspecified atom stereocenters. The van der Waals surface area contributed by atoms with Crippen LogP contribution >= 0.6 is 11.8 Å². The Morgan fingerprint density at radius 1 is 1.11 bits per heavy atom. The summed E-state index contributed by atoms with van der Waals surface area (Å²) in [7, 11) is 0. The van der Waals surface area contributed by atoms with E-state index in [4.69, 9.17) is 5.73 Å². The fourth-order valence-electron chi connectivity index (χ4n) is 1.94. The van der Waals surface area contributed by atoms with Crippen molar-refractivity contribution in [1.82, 2.24) is 10.3 Å². The summed E-state index contributed by atoms with van der Waals surface area (Å²) < 4.78 is 37.0. The Balaban J connectivity index is 1.98. The van der Waals surface area contributed by atoms with E-state index in [0.29, 0.717) is 11.4 Å². The van der Waals surface area contributed by atoms with Gasteiger partial charge in [0.25, 0.3) is 5.91 Å². The van der Waals surface area contributed by atoms with Crippen LogP contribution in [0.5, 0.6) is 0 Å². The van der Waals surface area contributed by atoms with E-state index >= 15 is 0 Å². The van der Waals surface area contributed by atoms with Crippen molar-refractivity contribution in [3.63, 3.8) is 0 Å². The van der Waals surface area contributed by atoms with Gasteiger partial charge in [-0.3, -0.25) is 9.59 Å². The molecule has 1 heterocycles. The number of benzene rings is 1. The van der Waals surface area contributed by atoms with E-state index in [9.17, 15) is 27.6 Å². The molecule has 0 fully saturated rings. The van der Waals surface area contributed by atoms with Gasteiger partial charge in [-0.1, -0.05) is 6.07 Å². The predicted molar refractivity (Wildman–Crippen MR) is 93.3 cm³/mol. The molecule has 4 amide bonds. The van der Waals surface area contributed by atoms with Crippen LogP contribution in [0.2, 0.25) is 0 Å². The normalized spacial score (nSPS) is 10.9. The third kappa shape index (κ3) is 6.93. The number of nitrogens with two attached hydrogens (primary N) is 1. The molecule has 2 aromatic rings. The lowest BCUT2D eigenvalue weighted by atomic mass is 10.2. The highest BCUT2D eigenvalue weighted by molar-refractivity contribution is 8.00. The first-order chi connectivity index (χ1) is 12.6. The molecule has 0 saturated carbocycles. The third-order valence-electron chi connectivity index (χ3n) is 2.96. The maximum atomic E-state index is 12.3. The topological polar surface area (TPSA) is 129 Å². The van der Waals surface area contributed by atoms with E-state index in [2.05, 4.69) is 20.9 Å². The number of aromatic nitrogens is 1. The van der Waals surface area contributed by atoms with Crippen molar-refractivity contribution in [2.75, 3.05) is 17.2 Å². The highest BCUT2D eigenvalue weighted by Gasteiger charge is 2.30. The lowest BCUT2D eigenvalue weighted by Crippen LogP contribution is -2.36. The lowest BCUT2D eigenvalue weighted by molar-refractivity contribution is -0.115. The van der Waals surface area contributed by atoms with Crippen LogP contribution in [0.15, 0.2) is 41.4 Å². The maximum Gasteiger partial charge on any atom is 0.446 e. The average molecular weight is 401 g/mol. The molecule has 1 aromatic heterocycles. The predicted octanol–water partition coefficient (Wildman–Crippen LogP) is 2.49. The number of anilines is 2. The number of nitrogens with one attached hydrogen (secondary N) is 4. The molecule has 0 saturated heterocycles. The van der Waals surface area contributed by atoms with Crippen LogP contribution in [0.25, 0.3) is 0 Å². The van der Waals surface area contributed by atoms with Crippen molar-refractivity contribution >= 4 is 41.0 Å². The Morgan fingerprint density at radius 2 is 1.78 bits per heavy atom. The van der Waals surface area contributed by atoms with Crippen molar-refractivity contribution in [3.8, 4) is 0 Å². The molecule has 0 aliphatic rings. The number of hydrogen-bond donors (Lipinski definition) is 5. The molecular weight excluding hydrogens is 387 g/mol. The number of primary amides is 1. The molecule has 0 radical (unpaired) electrons. The molecule has 27 heavy (non-hydrogen) atoms. The van der Waals surface area contributed by atoms with Gasteiger partial charge in [0.15, 0.2) is 0 Å². The van der Waals surface area contributed by atoms with Gasteiger partial charge in [-0.15, -0.1) is 0 Å². The smallest absolute Gasteiger partial charge is 0.356 e. The number of carbonyl (C=O) groups excluding carboxylic acids is 3. The van der Waals surface area contributed by atoms with Crippen LogP contribution in [-0.2, 0) is 4.79 Å². The summed E-state index contributed by atoms with van der Waals surface area (Å²) in [6, 6.07) is 6.30. The molecule has 8 nitrogen and oxygen atoms in total. The van der Waals surface area contributed by atoms with E-state index < -0.39 is 23.4 Å². The number of halogens is 3. The average Bonchev–Trinajstić information content (AvgIpc) is 3.00. The minimum absolute atomic E-state index is 0.0538. The molecule has 0 bridgehead atoms. The van der Waals surface area contributed by atoms with Crippen molar-refractivity contribution in [3.05, 3.63) is 42.2 Å². The molecule has 6 N–H and O–H groups in total. The second-order valence-electron chi connectivity index (χ2n) is 5.10. The zero-order chi connectivity index (χ0) is 20.0. The third-order valence-corrected chi connectivity index (χ3v) is 3.66. The van der Waals surface area contributed by atoms with Crippen LogP contribution < -0.4 is 21.7 Å². The van der Waals surface area contributed by atoms with Gasteiger partial charge < -0.3 is 26.7 Å². The first kappa shape index (κ1) is 20.2. The van der Waals surface area contributed by atoms with E-state index in [-0.39, 0.29) is 28.9 Å². The highest BCUT2D eigenvalue weighted by Crippen LogP contribution is 2.37. The van der Waals surface area contributed by atoms with Gasteiger partial charge in [0.1, 0.15) is 5.69 Å². The summed E-state index contributed by atoms with van der Waals surface area (Å²) in [5, 5.41) is 7.10. The lowest BCUT2D eigenvalue weighted by Gasteiger charge is -2.08. The first-order valence-electron chi connectivity index (χ1n) is 7.31. The number of rotatable bonds is 6. The second kappa shape index (κ2) is 8.49. The summed E-state index contributed by atoms with van der Waals surface area (Å²) in [5.74, 6) is -1.18. The molecule has 0 spiro atoms. The molecule has 0 aliphatic heterocycles. The number of urea groups is 1. The van der Waals surface area contributed by atoms with Gasteiger partial charge >= 0.3 is 11.5 Å². The number of alkyl halides is 3. The Bertz CT molecular complexity index is 853. The van der Waals surface area contributed by atoms with E-state index in [1.807, 2.05) is 0 Å². The van der Waals surface area contributed by atoms with E-state index in [1.54, 1.807) is 12.1 Å². The number of aromatic amines is 1. The van der Waals surface area contributed by atoms with Crippen molar-refractivity contribution in [1.29, 1.82) is 0 Å². The molecule has 0 atom stereocenters. The summed E-state index contributed by atoms with van der Waals surface area (Å²) in [6.07, 6.45) is 1.08. The summed E-state index contributed by atoms with van der Waals surface area (Å²) in [6.45, 7) is -0.325. The summed E-state index contributed by atoms with van der Waals surface area (Å²) in [5.41, 5.74) is 0.996. The number of carbonyl (C=O) groups is 3. The Labute approximate surface area is 155 Å². The van der Waals surface area contributed by atoms with Crippen LogP contribution in [0.4, 0.5) is 29.3 Å². The van der Waals surface area contributed by atoms with E-state index in [1.165, 1.54) is 12.1 Å². The van der Waals surface area contributed by atoms with Crippen LogP contribution in [-0.4, -0.2) is 34.9 Å². The van der Waals surface area contributed by atoms with Gasteiger partial charge in [-0.2, -0.15) is 13.2 Å². The number of hydrogen-bond acceptors (Lipinski definition) is 4. The maximum absolute atomic E-state index is 12.3. The monoisotopic (exact) mass is 401 g/mol. The van der Waals surface area contributed by atoms with Crippen LogP contribution in [0.3, 0.4) is 0 Å². The van der Waals surface area contributed by atoms with Crippen LogP contribution in [0.1, 0.15) is 10.5 Å². The van der Waals surface area contributed by atoms with Crippen molar-refractivity contribution in [2.45, 2.75) is 10.4 Å². The summed E-state index contributed by atoms with van der Waals surface area (Å²) in [4.78, 5) is 36.6. The standard InChI is InChI=1S/C15H14F3N5O3S/c16-15(17,18)27-10-5-11(20-6-10)13(25)23-9-3-1-2-8(4-9)22-12(24)7-21-14(19)26/h1-6,20H,7H2,(H,22,24)(H,23,25)(H3,19,21,26). The fourth-order valence-corrected chi connectivity index (χ4v) is 2.51. The molecule has 2 rings (SSSR count). The van der Waals surface area contributed by atoms with Gasteiger partial charge in [-0.05, 0) is 36.0 Å². The summed E-state index contributed by atoms with van der Waals surface area (Å²) >= 11 is -0.336. The Kier molecular flexibility index (Phi) is 6.34. The fraction of sp³-hybridized carbons (Fsp3) is 0.133. The van der Waals surface area contributed by atoms with Gasteiger partial charge in [-0.25, -0.2) is 4.79 Å². The molecule has 144 valence electrons. The number of thioether (sulfide) groups is 1. The Morgan fingerprint density at radius 3 is 2.41 bits per heavy atom. The van der Waals surface area contributed by atoms with Crippen molar-refractivity contribution < 1.29 is 27.6 Å². The zero-order valence-electron chi connectivity index (χ0n) is 13.5. The highest BCUT2D eigenvalue weighted by atomic mass is 32.2. The second-order valence-corrected chi connectivity index (χ2v) is 6.24. The Hall–Kier alpha value is -3.15. The zero-order valence-corrected chi connectivity index (χ0v) is 14.3.